The highest BCUT2D eigenvalue weighted by Crippen LogP contribution is 2.29. The van der Waals surface area contributed by atoms with Crippen molar-refractivity contribution in [3.8, 4) is 0 Å². The molecule has 1 aromatic rings. The van der Waals surface area contributed by atoms with E-state index >= 15 is 0 Å². The van der Waals surface area contributed by atoms with Crippen molar-refractivity contribution in [2.75, 3.05) is 0 Å². The highest BCUT2D eigenvalue weighted by molar-refractivity contribution is 6.08. The Morgan fingerprint density at radius 3 is 2.60 bits per heavy atom. The van der Waals surface area contributed by atoms with Crippen LogP contribution in [-0.2, 0) is 17.8 Å². The predicted molar refractivity (Wildman–Crippen MR) is 60.5 cm³/mol. The summed E-state index contributed by atoms with van der Waals surface area (Å²) >= 11 is 0. The van der Waals surface area contributed by atoms with Crippen molar-refractivity contribution in [2.24, 2.45) is 0 Å². The highest BCUT2D eigenvalue weighted by atomic mass is 16.1. The Kier molecular flexibility index (Phi) is 2.43. The van der Waals surface area contributed by atoms with Gasteiger partial charge in [0.1, 0.15) is 5.78 Å². The summed E-state index contributed by atoms with van der Waals surface area (Å²) in [5, 5.41) is 0. The first-order valence-corrected chi connectivity index (χ1v) is 5.14. The van der Waals surface area contributed by atoms with Crippen LogP contribution in [0.3, 0.4) is 0 Å². The minimum absolute atomic E-state index is 0.125. The predicted octanol–water partition coefficient (Wildman–Crippen LogP) is 1.48. The van der Waals surface area contributed by atoms with E-state index in [1.165, 1.54) is 11.1 Å². The smallest absolute Gasteiger partial charge is 0.184 e. The zero-order valence-electron chi connectivity index (χ0n) is 9.16. The third-order valence-electron chi connectivity index (χ3n) is 3.39. The topological polar surface area (TPSA) is 20.3 Å². The lowest BCUT2D eigenvalue weighted by Crippen LogP contribution is -2.54. The van der Waals surface area contributed by atoms with E-state index in [1.54, 1.807) is 11.7 Å². The molecule has 0 bridgehead atoms. The first-order chi connectivity index (χ1) is 7.04. The minimum Gasteiger partial charge on any atom is -0.339 e. The summed E-state index contributed by atoms with van der Waals surface area (Å²) in [5.74, 6) is 0.125. The molecule has 0 fully saturated rings. The Morgan fingerprint density at radius 1 is 1.40 bits per heavy atom. The molecule has 0 aromatic heterocycles. The lowest BCUT2D eigenvalue weighted by atomic mass is 9.79. The number of carbonyl (C=O) groups is 1. The van der Waals surface area contributed by atoms with Crippen LogP contribution in [0.25, 0.3) is 0 Å². The number of carbonyl (C=O) groups excluding carboxylic acids is 1. The number of hydrogen-bond acceptors (Lipinski definition) is 2. The van der Waals surface area contributed by atoms with Crippen LogP contribution in [0.5, 0.6) is 0 Å². The number of nitrogens with zero attached hydrogens (tertiary/aromatic N) is 1. The van der Waals surface area contributed by atoms with Crippen molar-refractivity contribution < 1.29 is 4.79 Å². The van der Waals surface area contributed by atoms with Crippen molar-refractivity contribution in [1.82, 2.24) is 4.81 Å². The number of rotatable bonds is 1. The maximum absolute atomic E-state index is 11.6. The molecule has 0 amide bonds. The summed E-state index contributed by atoms with van der Waals surface area (Å²) in [7, 11) is 5.94. The molecule has 1 aliphatic rings. The van der Waals surface area contributed by atoms with E-state index in [4.69, 9.17) is 7.98 Å². The van der Waals surface area contributed by atoms with Gasteiger partial charge in [-0.15, -0.1) is 0 Å². The van der Waals surface area contributed by atoms with Gasteiger partial charge in [-0.25, -0.2) is 0 Å². The zero-order chi connectivity index (χ0) is 11.1. The first-order valence-electron chi connectivity index (χ1n) is 5.14. The Morgan fingerprint density at radius 2 is 2.00 bits per heavy atom. The van der Waals surface area contributed by atoms with Crippen molar-refractivity contribution in [2.45, 2.75) is 32.4 Å². The zero-order valence-corrected chi connectivity index (χ0v) is 9.16. The van der Waals surface area contributed by atoms with E-state index in [9.17, 15) is 4.79 Å². The summed E-state index contributed by atoms with van der Waals surface area (Å²) in [6.07, 6.45) is 0.703. The quantitative estimate of drug-likeness (QED) is 0.638. The van der Waals surface area contributed by atoms with E-state index in [0.29, 0.717) is 13.0 Å². The summed E-state index contributed by atoms with van der Waals surface area (Å²) in [6.45, 7) is 4.16. The Balaban J connectivity index is 2.41. The van der Waals surface area contributed by atoms with Crippen molar-refractivity contribution in [3.05, 3.63) is 35.4 Å². The fraction of sp³-hybridized carbons (Fsp3) is 0.417. The number of Topliss-reactive ketones (excluding diaryl/α,β-unsaturated/α-hetero) is 1. The van der Waals surface area contributed by atoms with Crippen LogP contribution in [0.4, 0.5) is 0 Å². The van der Waals surface area contributed by atoms with Crippen LogP contribution in [-0.4, -0.2) is 24.1 Å². The second-order valence-electron chi connectivity index (χ2n) is 4.40. The molecule has 2 rings (SSSR count). The molecule has 15 heavy (non-hydrogen) atoms. The normalized spacial score (nSPS) is 26.0. The molecule has 3 heteroatoms. The molecule has 0 saturated heterocycles. The van der Waals surface area contributed by atoms with Gasteiger partial charge in [-0.05, 0) is 31.4 Å². The van der Waals surface area contributed by atoms with Crippen LogP contribution >= 0.6 is 0 Å². The molecule has 1 unspecified atom stereocenters. The molecular weight excluding hydrogens is 185 g/mol. The number of hydrogen-bond donors (Lipinski definition) is 0. The molecule has 1 heterocycles. The number of benzene rings is 1. The summed E-state index contributed by atoms with van der Waals surface area (Å²) < 4.78 is 0. The lowest BCUT2D eigenvalue weighted by Gasteiger charge is -2.42. The van der Waals surface area contributed by atoms with Gasteiger partial charge in [0.05, 0.1) is 5.54 Å². The molecule has 0 aliphatic carbocycles. The van der Waals surface area contributed by atoms with Crippen molar-refractivity contribution in [1.29, 1.82) is 0 Å². The van der Waals surface area contributed by atoms with Gasteiger partial charge >= 0.3 is 0 Å². The second kappa shape index (κ2) is 3.49. The summed E-state index contributed by atoms with van der Waals surface area (Å²) in [6, 6.07) is 8.15. The van der Waals surface area contributed by atoms with Gasteiger partial charge in [0.15, 0.2) is 7.98 Å². The summed E-state index contributed by atoms with van der Waals surface area (Å²) in [5.41, 5.74) is 1.91. The molecule has 2 radical (unpaired) electrons. The van der Waals surface area contributed by atoms with Crippen LogP contribution < -0.4 is 0 Å². The van der Waals surface area contributed by atoms with Crippen molar-refractivity contribution >= 4 is 13.8 Å². The lowest BCUT2D eigenvalue weighted by molar-refractivity contribution is -0.126. The first kappa shape index (κ1) is 10.4. The monoisotopic (exact) mass is 199 g/mol. The van der Waals surface area contributed by atoms with Crippen molar-refractivity contribution in [3.63, 3.8) is 0 Å². The van der Waals surface area contributed by atoms with Crippen LogP contribution in [0.2, 0.25) is 0 Å². The van der Waals surface area contributed by atoms with Crippen LogP contribution in [0.1, 0.15) is 25.0 Å². The van der Waals surface area contributed by atoms with Gasteiger partial charge in [-0.1, -0.05) is 24.3 Å². The Bertz CT molecular complexity index is 404. The molecule has 1 aromatic carbocycles. The highest BCUT2D eigenvalue weighted by Gasteiger charge is 2.37. The second-order valence-corrected chi connectivity index (χ2v) is 4.40. The minimum atomic E-state index is -0.547. The fourth-order valence-corrected chi connectivity index (χ4v) is 2.04. The standard InChI is InChI=1S/C12H14BNO/c1-9(15)12(2)7-10-5-3-4-6-11(10)8-14(12)13/h3-6H,7-8H2,1-2H3. The Hall–Kier alpha value is -1.09. The molecule has 0 saturated carbocycles. The van der Waals surface area contributed by atoms with Gasteiger partial charge in [-0.2, -0.15) is 0 Å². The number of fused-ring (bicyclic) bond motifs is 1. The average molecular weight is 199 g/mol. The van der Waals surface area contributed by atoms with E-state index < -0.39 is 5.54 Å². The van der Waals surface area contributed by atoms with Gasteiger partial charge in [0, 0.05) is 6.54 Å². The largest absolute Gasteiger partial charge is 0.339 e. The molecule has 1 aliphatic heterocycles. The fourth-order valence-electron chi connectivity index (χ4n) is 2.04. The van der Waals surface area contributed by atoms with Gasteiger partial charge in [0.25, 0.3) is 0 Å². The van der Waals surface area contributed by atoms with Gasteiger partial charge in [0.2, 0.25) is 0 Å². The molecule has 2 nitrogen and oxygen atoms in total. The van der Waals surface area contributed by atoms with E-state index in [-0.39, 0.29) is 5.78 Å². The molecule has 0 N–H and O–H groups in total. The maximum atomic E-state index is 11.6. The van der Waals surface area contributed by atoms with E-state index in [0.717, 1.165) is 0 Å². The molecular formula is C12H14BNO. The third kappa shape index (κ3) is 1.61. The maximum Gasteiger partial charge on any atom is 0.184 e. The third-order valence-corrected chi connectivity index (χ3v) is 3.39. The van der Waals surface area contributed by atoms with Crippen LogP contribution in [0, 0.1) is 0 Å². The SMILES string of the molecule is [B]N1Cc2ccccc2CC1(C)C(C)=O. The molecule has 76 valence electrons. The van der Waals surface area contributed by atoms with Crippen LogP contribution in [0.15, 0.2) is 24.3 Å². The van der Waals surface area contributed by atoms with Gasteiger partial charge < -0.3 is 4.81 Å². The molecule has 0 spiro atoms. The Labute approximate surface area is 91.7 Å². The van der Waals surface area contributed by atoms with E-state index in [1.807, 2.05) is 19.1 Å². The van der Waals surface area contributed by atoms with Gasteiger partial charge in [-0.3, -0.25) is 4.79 Å². The summed E-state index contributed by atoms with van der Waals surface area (Å²) in [4.78, 5) is 13.3. The molecule has 1 atom stereocenters. The average Bonchev–Trinajstić information content (AvgIpc) is 2.19. The number of ketones is 1. The van der Waals surface area contributed by atoms with E-state index in [2.05, 4.69) is 12.1 Å².